The van der Waals surface area contributed by atoms with Crippen molar-refractivity contribution in [2.24, 2.45) is 0 Å². The molecule has 0 fully saturated rings. The average Bonchev–Trinajstić information content (AvgIpc) is 2.48. The number of ether oxygens (including phenoxy) is 2. The second-order valence-electron chi connectivity index (χ2n) is 5.93. The Morgan fingerprint density at radius 3 is 1.91 bits per heavy atom. The summed E-state index contributed by atoms with van der Waals surface area (Å²) in [5, 5.41) is 0. The molecule has 0 radical (unpaired) electrons. The van der Waals surface area contributed by atoms with E-state index in [1.807, 2.05) is 13.8 Å². The molecule has 1 unspecified atom stereocenters. The van der Waals surface area contributed by atoms with Crippen molar-refractivity contribution in [2.75, 3.05) is 6.61 Å². The number of carbonyl (C=O) groups excluding carboxylic acids is 2. The highest BCUT2D eigenvalue weighted by atomic mass is 16.6. The fraction of sp³-hybridized carbons (Fsp3) is 0.889. The van der Waals surface area contributed by atoms with E-state index in [9.17, 15) is 9.59 Å². The molecule has 0 aliphatic rings. The van der Waals surface area contributed by atoms with Gasteiger partial charge in [-0.25, -0.2) is 0 Å². The van der Waals surface area contributed by atoms with Crippen molar-refractivity contribution in [3.05, 3.63) is 0 Å². The first kappa shape index (κ1) is 20.9. The van der Waals surface area contributed by atoms with Gasteiger partial charge < -0.3 is 9.47 Å². The topological polar surface area (TPSA) is 52.6 Å². The Morgan fingerprint density at radius 2 is 1.36 bits per heavy atom. The van der Waals surface area contributed by atoms with E-state index < -0.39 is 11.9 Å². The van der Waals surface area contributed by atoms with Gasteiger partial charge in [-0.3, -0.25) is 9.59 Å². The van der Waals surface area contributed by atoms with Crippen molar-refractivity contribution < 1.29 is 19.1 Å². The van der Waals surface area contributed by atoms with Crippen LogP contribution in [-0.4, -0.2) is 24.6 Å². The van der Waals surface area contributed by atoms with E-state index >= 15 is 0 Å². The largest absolute Gasteiger partial charge is 0.465 e. The maximum atomic E-state index is 11.4. The van der Waals surface area contributed by atoms with Gasteiger partial charge in [-0.05, 0) is 19.8 Å². The molecule has 22 heavy (non-hydrogen) atoms. The maximum absolute atomic E-state index is 11.4. The van der Waals surface area contributed by atoms with Crippen LogP contribution in [0.1, 0.15) is 91.4 Å². The molecule has 0 N–H and O–H groups in total. The highest BCUT2D eigenvalue weighted by molar-refractivity contribution is 5.91. The Hall–Kier alpha value is -1.06. The van der Waals surface area contributed by atoms with Gasteiger partial charge in [-0.15, -0.1) is 0 Å². The molecule has 1 atom stereocenters. The summed E-state index contributed by atoms with van der Waals surface area (Å²) in [6.07, 6.45) is 11.4. The van der Waals surface area contributed by atoms with E-state index in [1.165, 1.54) is 44.9 Å². The van der Waals surface area contributed by atoms with Crippen LogP contribution in [0.3, 0.4) is 0 Å². The summed E-state index contributed by atoms with van der Waals surface area (Å²) in [6, 6.07) is 0. The first-order valence-corrected chi connectivity index (χ1v) is 8.95. The lowest BCUT2D eigenvalue weighted by Gasteiger charge is -2.10. The number of esters is 2. The zero-order valence-electron chi connectivity index (χ0n) is 14.7. The fourth-order valence-electron chi connectivity index (χ4n) is 2.12. The Bertz CT molecular complexity index is 289. The van der Waals surface area contributed by atoms with Gasteiger partial charge in [0.25, 0.3) is 0 Å². The van der Waals surface area contributed by atoms with E-state index in [0.29, 0.717) is 6.61 Å². The Morgan fingerprint density at radius 1 is 0.818 bits per heavy atom. The molecule has 0 rings (SSSR count). The van der Waals surface area contributed by atoms with E-state index in [0.717, 1.165) is 19.3 Å². The van der Waals surface area contributed by atoms with Crippen molar-refractivity contribution in [3.63, 3.8) is 0 Å². The van der Waals surface area contributed by atoms with Crippen molar-refractivity contribution in [1.82, 2.24) is 0 Å². The summed E-state index contributed by atoms with van der Waals surface area (Å²) in [5.41, 5.74) is 0. The summed E-state index contributed by atoms with van der Waals surface area (Å²) in [5.74, 6) is -0.973. The van der Waals surface area contributed by atoms with Crippen LogP contribution in [0, 0.1) is 0 Å². The number of rotatable bonds is 14. The van der Waals surface area contributed by atoms with E-state index in [4.69, 9.17) is 9.47 Å². The van der Waals surface area contributed by atoms with E-state index in [1.54, 1.807) is 0 Å². The predicted molar refractivity (Wildman–Crippen MR) is 88.6 cm³/mol. The summed E-state index contributed by atoms with van der Waals surface area (Å²) < 4.78 is 10.1. The molecule has 0 amide bonds. The first-order chi connectivity index (χ1) is 10.6. The van der Waals surface area contributed by atoms with Crippen molar-refractivity contribution in [1.29, 1.82) is 0 Å². The zero-order chi connectivity index (χ0) is 16.6. The standard InChI is InChI=1S/C18H34O4/c1-4-6-7-8-9-10-11-12-13-14-21-17(19)15-18(20)22-16(3)5-2/h16H,4-15H2,1-3H3. The van der Waals surface area contributed by atoms with E-state index in [-0.39, 0.29) is 12.5 Å². The molecule has 4 nitrogen and oxygen atoms in total. The third kappa shape index (κ3) is 13.9. The smallest absolute Gasteiger partial charge is 0.317 e. The van der Waals surface area contributed by atoms with Gasteiger partial charge >= 0.3 is 11.9 Å². The maximum Gasteiger partial charge on any atom is 0.317 e. The number of unbranched alkanes of at least 4 members (excludes halogenated alkanes) is 8. The molecule has 0 aliphatic heterocycles. The monoisotopic (exact) mass is 314 g/mol. The molecule has 130 valence electrons. The summed E-state index contributed by atoms with van der Waals surface area (Å²) in [7, 11) is 0. The van der Waals surface area contributed by atoms with Gasteiger partial charge in [-0.1, -0.05) is 65.2 Å². The summed E-state index contributed by atoms with van der Waals surface area (Å²) in [4.78, 5) is 22.8. The molecule has 0 heterocycles. The average molecular weight is 314 g/mol. The van der Waals surface area contributed by atoms with Gasteiger partial charge in [0, 0.05) is 0 Å². The molecule has 0 aromatic heterocycles. The Balaban J connectivity index is 3.36. The number of hydrogen-bond donors (Lipinski definition) is 0. The van der Waals surface area contributed by atoms with Crippen LogP contribution >= 0.6 is 0 Å². The minimum Gasteiger partial charge on any atom is -0.465 e. The van der Waals surface area contributed by atoms with Gasteiger partial charge in [0.05, 0.1) is 12.7 Å². The highest BCUT2D eigenvalue weighted by Gasteiger charge is 2.14. The molecular weight excluding hydrogens is 280 g/mol. The molecule has 0 bridgehead atoms. The zero-order valence-corrected chi connectivity index (χ0v) is 14.7. The van der Waals surface area contributed by atoms with Crippen LogP contribution in [0.25, 0.3) is 0 Å². The van der Waals surface area contributed by atoms with Crippen LogP contribution in [0.15, 0.2) is 0 Å². The summed E-state index contributed by atoms with van der Waals surface area (Å²) >= 11 is 0. The molecule has 4 heteroatoms. The normalized spacial score (nSPS) is 12.0. The van der Waals surface area contributed by atoms with E-state index in [2.05, 4.69) is 6.92 Å². The van der Waals surface area contributed by atoms with Crippen LogP contribution in [-0.2, 0) is 19.1 Å². The lowest BCUT2D eigenvalue weighted by atomic mass is 10.1. The lowest BCUT2D eigenvalue weighted by molar-refractivity contribution is -0.157. The van der Waals surface area contributed by atoms with Gasteiger partial charge in [-0.2, -0.15) is 0 Å². The molecule has 0 spiro atoms. The Kier molecular flexibility index (Phi) is 14.1. The highest BCUT2D eigenvalue weighted by Crippen LogP contribution is 2.09. The van der Waals surface area contributed by atoms with Crippen LogP contribution in [0.4, 0.5) is 0 Å². The first-order valence-electron chi connectivity index (χ1n) is 8.95. The number of hydrogen-bond acceptors (Lipinski definition) is 4. The lowest BCUT2D eigenvalue weighted by Crippen LogP contribution is -2.18. The third-order valence-electron chi connectivity index (χ3n) is 3.71. The second-order valence-corrected chi connectivity index (χ2v) is 5.93. The number of carbonyl (C=O) groups is 2. The van der Waals surface area contributed by atoms with Crippen LogP contribution in [0.5, 0.6) is 0 Å². The quantitative estimate of drug-likeness (QED) is 0.263. The molecule has 0 aromatic carbocycles. The molecule has 0 aromatic rings. The molecule has 0 aliphatic carbocycles. The predicted octanol–water partition coefficient (Wildman–Crippen LogP) is 4.79. The van der Waals surface area contributed by atoms with Gasteiger partial charge in [0.2, 0.25) is 0 Å². The summed E-state index contributed by atoms with van der Waals surface area (Å²) in [6.45, 7) is 6.38. The van der Waals surface area contributed by atoms with Crippen LogP contribution in [0.2, 0.25) is 0 Å². The van der Waals surface area contributed by atoms with Crippen molar-refractivity contribution >= 4 is 11.9 Å². The molecule has 0 saturated carbocycles. The fourth-order valence-corrected chi connectivity index (χ4v) is 2.12. The SMILES string of the molecule is CCCCCCCCCCCOC(=O)CC(=O)OC(C)CC. The molecular formula is C18H34O4. The van der Waals surface area contributed by atoms with Crippen molar-refractivity contribution in [2.45, 2.75) is 97.5 Å². The van der Waals surface area contributed by atoms with Crippen molar-refractivity contribution in [3.8, 4) is 0 Å². The van der Waals surface area contributed by atoms with Gasteiger partial charge in [0.1, 0.15) is 6.42 Å². The minimum atomic E-state index is -0.494. The van der Waals surface area contributed by atoms with Crippen LogP contribution < -0.4 is 0 Å². The third-order valence-corrected chi connectivity index (χ3v) is 3.71. The minimum absolute atomic E-state index is 0.141. The Labute approximate surface area is 135 Å². The van der Waals surface area contributed by atoms with Gasteiger partial charge in [0.15, 0.2) is 0 Å². The second kappa shape index (κ2) is 14.9. The molecule has 0 saturated heterocycles.